The molecule has 1 unspecified atom stereocenters. The molecule has 0 bridgehead atoms. The number of unbranched alkanes of at least 4 members (excludes halogenated alkanes) is 4. The van der Waals surface area contributed by atoms with E-state index in [9.17, 15) is 4.79 Å². The third-order valence-electron chi connectivity index (χ3n) is 4.47. The summed E-state index contributed by atoms with van der Waals surface area (Å²) in [6.07, 6.45) is 6.16. The van der Waals surface area contributed by atoms with E-state index < -0.39 is 0 Å². The number of carbonyl (C=O) groups is 1. The van der Waals surface area contributed by atoms with E-state index in [-0.39, 0.29) is 12.2 Å². The second-order valence-corrected chi connectivity index (χ2v) is 6.80. The molecule has 2 aromatic rings. The molecule has 0 heterocycles. The predicted molar refractivity (Wildman–Crippen MR) is 110 cm³/mol. The average molecular weight is 386 g/mol. The molecule has 2 aromatic carbocycles. The van der Waals surface area contributed by atoms with Crippen molar-refractivity contribution in [3.63, 3.8) is 0 Å². The summed E-state index contributed by atoms with van der Waals surface area (Å²) in [5, 5.41) is 0. The summed E-state index contributed by atoms with van der Waals surface area (Å²) in [6, 6.07) is 17.7. The molecule has 0 aromatic heterocycles. The van der Waals surface area contributed by atoms with E-state index >= 15 is 0 Å². The molecule has 0 spiro atoms. The van der Waals surface area contributed by atoms with Crippen molar-refractivity contribution < 1.29 is 19.0 Å². The second-order valence-electron chi connectivity index (χ2n) is 6.80. The zero-order chi connectivity index (χ0) is 20.0. The van der Waals surface area contributed by atoms with Crippen LogP contribution in [0.1, 0.15) is 50.5 Å². The average Bonchev–Trinajstić information content (AvgIpc) is 2.72. The number of rotatable bonds is 14. The van der Waals surface area contributed by atoms with Crippen molar-refractivity contribution in [3.05, 3.63) is 60.2 Å². The van der Waals surface area contributed by atoms with Gasteiger partial charge in [-0.3, -0.25) is 4.79 Å². The van der Waals surface area contributed by atoms with E-state index in [1.165, 1.54) is 0 Å². The first-order valence-corrected chi connectivity index (χ1v) is 9.92. The summed E-state index contributed by atoms with van der Waals surface area (Å²) in [5.74, 6) is 1.35. The lowest BCUT2D eigenvalue weighted by Gasteiger charge is -2.17. The van der Waals surface area contributed by atoms with Crippen LogP contribution in [-0.2, 0) is 16.1 Å². The number of benzene rings is 2. The first-order valence-electron chi connectivity index (χ1n) is 9.92. The van der Waals surface area contributed by atoms with Crippen LogP contribution in [0, 0.1) is 0 Å². The third kappa shape index (κ3) is 8.91. The van der Waals surface area contributed by atoms with Crippen molar-refractivity contribution in [1.29, 1.82) is 0 Å². The van der Waals surface area contributed by atoms with Crippen molar-refractivity contribution in [2.24, 2.45) is 5.73 Å². The molecule has 0 fully saturated rings. The molecule has 0 radical (unpaired) electrons. The number of hydrogen-bond donors (Lipinski definition) is 1. The fourth-order valence-corrected chi connectivity index (χ4v) is 2.87. The van der Waals surface area contributed by atoms with Gasteiger partial charge in [-0.05, 0) is 42.7 Å². The van der Waals surface area contributed by atoms with Crippen LogP contribution in [0.5, 0.6) is 11.5 Å². The molecule has 5 nitrogen and oxygen atoms in total. The molecule has 0 aliphatic heterocycles. The Kier molecular flexibility index (Phi) is 9.94. The summed E-state index contributed by atoms with van der Waals surface area (Å²) >= 11 is 0. The summed E-state index contributed by atoms with van der Waals surface area (Å²) in [7, 11) is 1.66. The molecular formula is C23H31NO4. The summed E-state index contributed by atoms with van der Waals surface area (Å²) in [5.41, 5.74) is 6.27. The molecule has 5 heteroatoms. The lowest BCUT2D eigenvalue weighted by atomic mass is 10.1. The standard InChI is InChI=1S/C23H31NO4/c1-26-23(13-9-4-2-3-8-12-22(24)25)28-21-16-14-20(15-17-21)27-18-19-10-6-5-7-11-19/h5-7,10-11,14-17,23H,2-4,8-9,12-13,18H2,1H3,(H2,24,25). The molecular weight excluding hydrogens is 354 g/mol. The number of carbonyl (C=O) groups excluding carboxylic acids is 1. The van der Waals surface area contributed by atoms with Gasteiger partial charge in [0, 0.05) is 20.0 Å². The Balaban J connectivity index is 1.65. The van der Waals surface area contributed by atoms with Gasteiger partial charge in [0.1, 0.15) is 18.1 Å². The molecule has 0 saturated heterocycles. The Labute approximate surface area is 167 Å². The Morgan fingerprint density at radius 2 is 1.54 bits per heavy atom. The molecule has 0 aliphatic carbocycles. The Morgan fingerprint density at radius 1 is 0.893 bits per heavy atom. The van der Waals surface area contributed by atoms with Crippen LogP contribution in [-0.4, -0.2) is 19.3 Å². The van der Waals surface area contributed by atoms with Crippen molar-refractivity contribution in [1.82, 2.24) is 0 Å². The molecule has 2 N–H and O–H groups in total. The number of nitrogens with two attached hydrogens (primary N) is 1. The maximum Gasteiger partial charge on any atom is 0.217 e. The van der Waals surface area contributed by atoms with Gasteiger partial charge in [-0.15, -0.1) is 0 Å². The molecule has 1 atom stereocenters. The normalized spacial score (nSPS) is 11.8. The smallest absolute Gasteiger partial charge is 0.217 e. The summed E-state index contributed by atoms with van der Waals surface area (Å²) < 4.78 is 17.1. The highest BCUT2D eigenvalue weighted by Gasteiger charge is 2.09. The van der Waals surface area contributed by atoms with Crippen molar-refractivity contribution in [2.45, 2.75) is 57.8 Å². The molecule has 0 saturated carbocycles. The SMILES string of the molecule is COC(CCCCCCCC(N)=O)Oc1ccc(OCc2ccccc2)cc1. The van der Waals surface area contributed by atoms with Crippen molar-refractivity contribution in [3.8, 4) is 11.5 Å². The van der Waals surface area contributed by atoms with Gasteiger partial charge in [0.25, 0.3) is 0 Å². The van der Waals surface area contributed by atoms with E-state index in [4.69, 9.17) is 19.9 Å². The lowest BCUT2D eigenvalue weighted by Crippen LogP contribution is -2.18. The molecule has 0 aliphatic rings. The highest BCUT2D eigenvalue weighted by Crippen LogP contribution is 2.21. The van der Waals surface area contributed by atoms with Gasteiger partial charge in [0.15, 0.2) is 6.29 Å². The number of hydrogen-bond acceptors (Lipinski definition) is 4. The minimum absolute atomic E-state index is 0.218. The Morgan fingerprint density at radius 3 is 2.21 bits per heavy atom. The van der Waals surface area contributed by atoms with Gasteiger partial charge in [0.05, 0.1) is 0 Å². The van der Waals surface area contributed by atoms with Gasteiger partial charge in [0.2, 0.25) is 5.91 Å². The van der Waals surface area contributed by atoms with Crippen molar-refractivity contribution in [2.75, 3.05) is 7.11 Å². The molecule has 1 amide bonds. The zero-order valence-electron chi connectivity index (χ0n) is 16.6. The Bertz CT molecular complexity index is 673. The maximum atomic E-state index is 10.7. The quantitative estimate of drug-likeness (QED) is 0.373. The number of ether oxygens (including phenoxy) is 3. The topological polar surface area (TPSA) is 70.8 Å². The van der Waals surface area contributed by atoms with Crippen LogP contribution in [0.4, 0.5) is 0 Å². The lowest BCUT2D eigenvalue weighted by molar-refractivity contribution is -0.118. The van der Waals surface area contributed by atoms with Crippen LogP contribution in [0.3, 0.4) is 0 Å². The second kappa shape index (κ2) is 12.8. The number of amides is 1. The minimum Gasteiger partial charge on any atom is -0.489 e. The minimum atomic E-state index is -0.262. The first kappa shape index (κ1) is 21.8. The van der Waals surface area contributed by atoms with E-state index in [1.807, 2.05) is 54.6 Å². The van der Waals surface area contributed by atoms with Gasteiger partial charge >= 0.3 is 0 Å². The first-order chi connectivity index (χ1) is 13.7. The maximum absolute atomic E-state index is 10.7. The predicted octanol–water partition coefficient (Wildman–Crippen LogP) is 4.83. The fraction of sp³-hybridized carbons (Fsp3) is 0.435. The Hall–Kier alpha value is -2.53. The van der Waals surface area contributed by atoms with E-state index in [0.29, 0.717) is 13.0 Å². The van der Waals surface area contributed by atoms with Crippen LogP contribution in [0.25, 0.3) is 0 Å². The number of methoxy groups -OCH3 is 1. The molecule has 28 heavy (non-hydrogen) atoms. The fourth-order valence-electron chi connectivity index (χ4n) is 2.87. The summed E-state index contributed by atoms with van der Waals surface area (Å²) in [6.45, 7) is 0.543. The number of primary amides is 1. The third-order valence-corrected chi connectivity index (χ3v) is 4.47. The van der Waals surface area contributed by atoms with Gasteiger partial charge in [-0.2, -0.15) is 0 Å². The van der Waals surface area contributed by atoms with Crippen molar-refractivity contribution >= 4 is 5.91 Å². The van der Waals surface area contributed by atoms with E-state index in [2.05, 4.69) is 0 Å². The van der Waals surface area contributed by atoms with Gasteiger partial charge in [-0.1, -0.05) is 49.6 Å². The molecule has 2 rings (SSSR count). The van der Waals surface area contributed by atoms with Crippen LogP contribution in [0.2, 0.25) is 0 Å². The monoisotopic (exact) mass is 385 g/mol. The highest BCUT2D eigenvalue weighted by atomic mass is 16.7. The van der Waals surface area contributed by atoms with E-state index in [0.717, 1.165) is 55.6 Å². The molecule has 152 valence electrons. The zero-order valence-corrected chi connectivity index (χ0v) is 16.6. The van der Waals surface area contributed by atoms with Crippen LogP contribution >= 0.6 is 0 Å². The summed E-state index contributed by atoms with van der Waals surface area (Å²) in [4.78, 5) is 10.7. The van der Waals surface area contributed by atoms with Crippen LogP contribution in [0.15, 0.2) is 54.6 Å². The largest absolute Gasteiger partial charge is 0.489 e. The highest BCUT2D eigenvalue weighted by molar-refractivity contribution is 5.73. The van der Waals surface area contributed by atoms with Gasteiger partial charge in [-0.25, -0.2) is 0 Å². The van der Waals surface area contributed by atoms with E-state index in [1.54, 1.807) is 7.11 Å². The van der Waals surface area contributed by atoms with Gasteiger partial charge < -0.3 is 19.9 Å². The van der Waals surface area contributed by atoms with Crippen LogP contribution < -0.4 is 15.2 Å².